The van der Waals surface area contributed by atoms with Crippen molar-refractivity contribution >= 4 is 11.6 Å². The third-order valence-corrected chi connectivity index (χ3v) is 1.30. The van der Waals surface area contributed by atoms with Gasteiger partial charge < -0.3 is 0 Å². The molecule has 1 aromatic rings. The van der Waals surface area contributed by atoms with E-state index in [0.717, 1.165) is 18.5 Å². The fourth-order valence-corrected chi connectivity index (χ4v) is 0.727. The second-order valence-corrected chi connectivity index (χ2v) is 2.13. The maximum Gasteiger partial charge on any atom is 0.0825 e. The first kappa shape index (κ1) is 6.55. The van der Waals surface area contributed by atoms with E-state index < -0.39 is 0 Å². The van der Waals surface area contributed by atoms with Crippen LogP contribution in [0.25, 0.3) is 0 Å². The van der Waals surface area contributed by atoms with E-state index in [1.807, 2.05) is 0 Å². The molecule has 0 saturated carbocycles. The van der Waals surface area contributed by atoms with Crippen LogP contribution >= 0.6 is 11.6 Å². The number of nitrogens with one attached hydrogen (secondary N) is 1. The summed E-state index contributed by atoms with van der Waals surface area (Å²) in [6.07, 6.45) is 3.60. The van der Waals surface area contributed by atoms with Gasteiger partial charge in [-0.25, -0.2) is 0 Å². The molecule has 1 N–H and O–H groups in total. The topological polar surface area (TPSA) is 41.6 Å². The van der Waals surface area contributed by atoms with E-state index in [1.165, 1.54) is 0 Å². The van der Waals surface area contributed by atoms with Gasteiger partial charge in [0.05, 0.1) is 11.9 Å². The predicted molar refractivity (Wildman–Crippen MR) is 35.4 cm³/mol. The SMILES string of the molecule is ClCCCc1cn[nH]n1. The van der Waals surface area contributed by atoms with Gasteiger partial charge in [-0.3, -0.25) is 0 Å². The minimum Gasteiger partial charge on any atom is -0.198 e. The first-order valence-electron chi connectivity index (χ1n) is 2.84. The van der Waals surface area contributed by atoms with Gasteiger partial charge in [0.15, 0.2) is 0 Å². The van der Waals surface area contributed by atoms with Crippen LogP contribution in [0.3, 0.4) is 0 Å². The van der Waals surface area contributed by atoms with E-state index >= 15 is 0 Å². The van der Waals surface area contributed by atoms with Gasteiger partial charge in [-0.1, -0.05) is 0 Å². The van der Waals surface area contributed by atoms with Crippen molar-refractivity contribution in [1.82, 2.24) is 15.4 Å². The van der Waals surface area contributed by atoms with Crippen LogP contribution in [0.4, 0.5) is 0 Å². The highest BCUT2D eigenvalue weighted by Crippen LogP contribution is 1.95. The molecule has 0 amide bonds. The average Bonchev–Trinajstić information content (AvgIpc) is 2.34. The van der Waals surface area contributed by atoms with Crippen molar-refractivity contribution in [1.29, 1.82) is 0 Å². The van der Waals surface area contributed by atoms with Crippen molar-refractivity contribution in [3.8, 4) is 0 Å². The molecule has 1 heterocycles. The molecular weight excluding hydrogens is 138 g/mol. The van der Waals surface area contributed by atoms with Crippen LogP contribution in [-0.4, -0.2) is 21.3 Å². The molecule has 0 aliphatic heterocycles. The lowest BCUT2D eigenvalue weighted by Crippen LogP contribution is -1.85. The second kappa shape index (κ2) is 3.45. The number of rotatable bonds is 3. The van der Waals surface area contributed by atoms with Crippen LogP contribution in [0.1, 0.15) is 12.1 Å². The third-order valence-electron chi connectivity index (χ3n) is 1.03. The molecule has 0 radical (unpaired) electrons. The lowest BCUT2D eigenvalue weighted by atomic mass is 10.3. The monoisotopic (exact) mass is 145 g/mol. The smallest absolute Gasteiger partial charge is 0.0825 e. The van der Waals surface area contributed by atoms with Crippen molar-refractivity contribution in [3.05, 3.63) is 11.9 Å². The van der Waals surface area contributed by atoms with Crippen molar-refractivity contribution in [2.75, 3.05) is 5.88 Å². The zero-order valence-corrected chi connectivity index (χ0v) is 5.73. The number of hydrogen-bond donors (Lipinski definition) is 1. The number of aryl methyl sites for hydroxylation is 1. The Bertz CT molecular complexity index is 149. The highest BCUT2D eigenvalue weighted by atomic mass is 35.5. The minimum absolute atomic E-state index is 0.687. The molecule has 0 unspecified atom stereocenters. The number of halogens is 1. The highest BCUT2D eigenvalue weighted by Gasteiger charge is 1.92. The largest absolute Gasteiger partial charge is 0.198 e. The maximum atomic E-state index is 5.46. The minimum atomic E-state index is 0.687. The van der Waals surface area contributed by atoms with Crippen LogP contribution < -0.4 is 0 Å². The summed E-state index contributed by atoms with van der Waals surface area (Å²) < 4.78 is 0. The van der Waals surface area contributed by atoms with Crippen molar-refractivity contribution in [2.45, 2.75) is 12.8 Å². The molecule has 1 rings (SSSR count). The summed E-state index contributed by atoms with van der Waals surface area (Å²) in [6, 6.07) is 0. The standard InChI is InChI=1S/C5H8ClN3/c6-3-1-2-5-4-7-9-8-5/h4H,1-3H2,(H,7,8,9). The molecule has 0 bridgehead atoms. The zero-order chi connectivity index (χ0) is 6.53. The zero-order valence-electron chi connectivity index (χ0n) is 4.97. The van der Waals surface area contributed by atoms with Crippen molar-refractivity contribution in [2.24, 2.45) is 0 Å². The number of hydrogen-bond acceptors (Lipinski definition) is 2. The van der Waals surface area contributed by atoms with E-state index in [0.29, 0.717) is 5.88 Å². The number of alkyl halides is 1. The van der Waals surface area contributed by atoms with Crippen LogP contribution in [0.15, 0.2) is 6.20 Å². The summed E-state index contributed by atoms with van der Waals surface area (Å²) in [5.74, 6) is 0.687. The van der Waals surface area contributed by atoms with Gasteiger partial charge in [-0.2, -0.15) is 15.4 Å². The Hall–Kier alpha value is -0.570. The Kier molecular flexibility index (Phi) is 2.51. The molecule has 0 aliphatic rings. The molecule has 1 aromatic heterocycles. The van der Waals surface area contributed by atoms with Gasteiger partial charge in [0, 0.05) is 5.88 Å². The molecule has 0 aromatic carbocycles. The third kappa shape index (κ3) is 2.01. The lowest BCUT2D eigenvalue weighted by Gasteiger charge is -1.86. The highest BCUT2D eigenvalue weighted by molar-refractivity contribution is 6.17. The number of nitrogens with zero attached hydrogens (tertiary/aromatic N) is 2. The fourth-order valence-electron chi connectivity index (χ4n) is 0.594. The summed E-state index contributed by atoms with van der Waals surface area (Å²) in [5.41, 5.74) is 0.982. The molecule has 0 saturated heterocycles. The lowest BCUT2D eigenvalue weighted by molar-refractivity contribution is 0.857. The first-order chi connectivity index (χ1) is 4.43. The summed E-state index contributed by atoms with van der Waals surface area (Å²) in [5, 5.41) is 10.1. The second-order valence-electron chi connectivity index (χ2n) is 1.75. The number of aromatic amines is 1. The summed E-state index contributed by atoms with van der Waals surface area (Å²) in [7, 11) is 0. The van der Waals surface area contributed by atoms with E-state index in [4.69, 9.17) is 11.6 Å². The maximum absolute atomic E-state index is 5.46. The van der Waals surface area contributed by atoms with E-state index in [9.17, 15) is 0 Å². The summed E-state index contributed by atoms with van der Waals surface area (Å²) in [4.78, 5) is 0. The van der Waals surface area contributed by atoms with Gasteiger partial charge in [0.1, 0.15) is 0 Å². The Balaban J connectivity index is 2.30. The first-order valence-corrected chi connectivity index (χ1v) is 3.37. The molecule has 0 fully saturated rings. The van der Waals surface area contributed by atoms with Crippen LogP contribution in [0, 0.1) is 0 Å². The predicted octanol–water partition coefficient (Wildman–Crippen LogP) is 0.976. The average molecular weight is 146 g/mol. The van der Waals surface area contributed by atoms with Gasteiger partial charge in [0.2, 0.25) is 0 Å². The molecule has 0 spiro atoms. The molecule has 0 aliphatic carbocycles. The molecule has 3 nitrogen and oxygen atoms in total. The molecule has 4 heteroatoms. The van der Waals surface area contributed by atoms with Crippen LogP contribution in [0.2, 0.25) is 0 Å². The van der Waals surface area contributed by atoms with Gasteiger partial charge >= 0.3 is 0 Å². The van der Waals surface area contributed by atoms with Gasteiger partial charge in [0.25, 0.3) is 0 Å². The summed E-state index contributed by atoms with van der Waals surface area (Å²) in [6.45, 7) is 0. The van der Waals surface area contributed by atoms with Crippen LogP contribution in [0.5, 0.6) is 0 Å². The van der Waals surface area contributed by atoms with E-state index in [2.05, 4.69) is 15.4 Å². The number of H-pyrrole nitrogens is 1. The van der Waals surface area contributed by atoms with Gasteiger partial charge in [-0.15, -0.1) is 11.6 Å². The Labute approximate surface area is 58.4 Å². The molecule has 50 valence electrons. The van der Waals surface area contributed by atoms with Crippen molar-refractivity contribution in [3.63, 3.8) is 0 Å². The summed E-state index contributed by atoms with van der Waals surface area (Å²) >= 11 is 5.46. The van der Waals surface area contributed by atoms with Crippen molar-refractivity contribution < 1.29 is 0 Å². The molecule has 0 atom stereocenters. The molecule has 9 heavy (non-hydrogen) atoms. The Morgan fingerprint density at radius 2 is 2.56 bits per heavy atom. The Morgan fingerprint density at radius 3 is 3.11 bits per heavy atom. The van der Waals surface area contributed by atoms with E-state index in [-0.39, 0.29) is 0 Å². The van der Waals surface area contributed by atoms with Gasteiger partial charge in [-0.05, 0) is 12.8 Å². The van der Waals surface area contributed by atoms with E-state index in [1.54, 1.807) is 6.20 Å². The Morgan fingerprint density at radius 1 is 1.67 bits per heavy atom. The molecular formula is C5H8ClN3. The fraction of sp³-hybridized carbons (Fsp3) is 0.600. The normalized spacial score (nSPS) is 9.89. The number of aromatic nitrogens is 3. The quantitative estimate of drug-likeness (QED) is 0.645. The van der Waals surface area contributed by atoms with Crippen LogP contribution in [-0.2, 0) is 6.42 Å².